The Hall–Kier alpha value is -0.890. The van der Waals surface area contributed by atoms with Gasteiger partial charge in [-0.3, -0.25) is 0 Å². The van der Waals surface area contributed by atoms with Crippen LogP contribution in [0.2, 0.25) is 0 Å². The second-order valence-electron chi connectivity index (χ2n) is 3.13. The van der Waals surface area contributed by atoms with Crippen LogP contribution in [0.25, 0.3) is 0 Å². The van der Waals surface area contributed by atoms with Crippen molar-refractivity contribution in [2.24, 2.45) is 0 Å². The fourth-order valence-electron chi connectivity index (χ4n) is 1.37. The Morgan fingerprint density at radius 1 is 1.42 bits per heavy atom. The van der Waals surface area contributed by atoms with Crippen LogP contribution in [0.1, 0.15) is 30.9 Å². The molecule has 2 heteroatoms. The minimum atomic E-state index is -0.225. The molecule has 0 saturated carbocycles. The molecule has 1 aromatic carbocycles. The molecule has 1 rings (SSSR count). The maximum atomic E-state index is 13.2. The van der Waals surface area contributed by atoms with E-state index in [-0.39, 0.29) is 18.3 Å². The number of benzene rings is 1. The zero-order valence-electron chi connectivity index (χ0n) is 7.34. The smallest absolute Gasteiger partial charge is 0.127 e. The summed E-state index contributed by atoms with van der Waals surface area (Å²) in [5.74, 6) is -0.107. The third-order valence-corrected chi connectivity index (χ3v) is 1.89. The monoisotopic (exact) mass is 168 g/mol. The quantitative estimate of drug-likeness (QED) is 0.719. The summed E-state index contributed by atoms with van der Waals surface area (Å²) >= 11 is 0. The van der Waals surface area contributed by atoms with Gasteiger partial charge in [0.05, 0.1) is 6.61 Å². The van der Waals surface area contributed by atoms with Crippen LogP contribution in [0.5, 0.6) is 0 Å². The van der Waals surface area contributed by atoms with Gasteiger partial charge in [0.15, 0.2) is 0 Å². The summed E-state index contributed by atoms with van der Waals surface area (Å²) in [6.07, 6.45) is 0. The number of hydrogen-bond donors (Lipinski definition) is 1. The highest BCUT2D eigenvalue weighted by atomic mass is 19.1. The normalized spacial score (nSPS) is 10.8. The van der Waals surface area contributed by atoms with Gasteiger partial charge < -0.3 is 5.11 Å². The van der Waals surface area contributed by atoms with Gasteiger partial charge in [0, 0.05) is 0 Å². The molecule has 1 N–H and O–H groups in total. The lowest BCUT2D eigenvalue weighted by Gasteiger charge is -2.11. The van der Waals surface area contributed by atoms with Gasteiger partial charge in [-0.2, -0.15) is 0 Å². The number of halogens is 1. The molecule has 0 unspecified atom stereocenters. The molecule has 0 bridgehead atoms. The zero-order valence-corrected chi connectivity index (χ0v) is 7.34. The molecular formula is C10H13FO. The van der Waals surface area contributed by atoms with Crippen LogP contribution >= 0.6 is 0 Å². The largest absolute Gasteiger partial charge is 0.392 e. The van der Waals surface area contributed by atoms with E-state index in [2.05, 4.69) is 0 Å². The minimum absolute atomic E-state index is 0.0920. The number of rotatable bonds is 2. The Balaban J connectivity index is 3.20. The minimum Gasteiger partial charge on any atom is -0.392 e. The predicted octanol–water partition coefficient (Wildman–Crippen LogP) is 2.44. The topological polar surface area (TPSA) is 20.2 Å². The maximum Gasteiger partial charge on any atom is 0.127 e. The Labute approximate surface area is 71.9 Å². The van der Waals surface area contributed by atoms with Crippen molar-refractivity contribution < 1.29 is 9.50 Å². The van der Waals surface area contributed by atoms with Crippen LogP contribution in [-0.2, 0) is 6.61 Å². The van der Waals surface area contributed by atoms with Crippen molar-refractivity contribution in [1.82, 2.24) is 0 Å². The van der Waals surface area contributed by atoms with E-state index in [1.165, 1.54) is 6.07 Å². The van der Waals surface area contributed by atoms with E-state index in [0.29, 0.717) is 11.1 Å². The Kier molecular flexibility index (Phi) is 2.82. The number of hydrogen-bond acceptors (Lipinski definition) is 1. The molecule has 0 amide bonds. The van der Waals surface area contributed by atoms with Crippen LogP contribution in [-0.4, -0.2) is 5.11 Å². The van der Waals surface area contributed by atoms with Crippen molar-refractivity contribution >= 4 is 0 Å². The molecule has 0 spiro atoms. The maximum absolute atomic E-state index is 13.2. The second-order valence-corrected chi connectivity index (χ2v) is 3.13. The van der Waals surface area contributed by atoms with Crippen molar-refractivity contribution in [3.8, 4) is 0 Å². The van der Waals surface area contributed by atoms with Crippen LogP contribution < -0.4 is 0 Å². The highest BCUT2D eigenvalue weighted by Gasteiger charge is 2.10. The van der Waals surface area contributed by atoms with E-state index in [9.17, 15) is 4.39 Å². The summed E-state index contributed by atoms with van der Waals surface area (Å²) in [4.78, 5) is 0. The molecule has 0 atom stereocenters. The summed E-state index contributed by atoms with van der Waals surface area (Å²) in [5.41, 5.74) is 1.31. The molecule has 0 aliphatic rings. The fourth-order valence-corrected chi connectivity index (χ4v) is 1.37. The van der Waals surface area contributed by atoms with Gasteiger partial charge in [-0.25, -0.2) is 4.39 Å². The van der Waals surface area contributed by atoms with Gasteiger partial charge in [-0.1, -0.05) is 26.0 Å². The van der Waals surface area contributed by atoms with E-state index in [4.69, 9.17) is 5.11 Å². The predicted molar refractivity (Wildman–Crippen MR) is 46.4 cm³/mol. The van der Waals surface area contributed by atoms with Crippen molar-refractivity contribution in [3.63, 3.8) is 0 Å². The lowest BCUT2D eigenvalue weighted by Crippen LogP contribution is -1.99. The fraction of sp³-hybridized carbons (Fsp3) is 0.400. The van der Waals surface area contributed by atoms with Crippen LogP contribution in [0, 0.1) is 5.82 Å². The molecule has 1 nitrogen and oxygen atoms in total. The molecule has 1 aromatic rings. The summed E-state index contributed by atoms with van der Waals surface area (Å²) < 4.78 is 13.2. The van der Waals surface area contributed by atoms with Gasteiger partial charge in [0.1, 0.15) is 5.82 Å². The van der Waals surface area contributed by atoms with Crippen molar-refractivity contribution in [2.45, 2.75) is 26.4 Å². The average Bonchev–Trinajstić information content (AvgIpc) is 2.03. The van der Waals surface area contributed by atoms with Gasteiger partial charge in [0.25, 0.3) is 0 Å². The number of aliphatic hydroxyl groups excluding tert-OH is 1. The summed E-state index contributed by atoms with van der Waals surface area (Å²) in [5, 5.41) is 8.93. The molecule has 66 valence electrons. The Morgan fingerprint density at radius 3 is 2.50 bits per heavy atom. The zero-order chi connectivity index (χ0) is 9.14. The Morgan fingerprint density at radius 2 is 2.08 bits per heavy atom. The first-order chi connectivity index (χ1) is 5.66. The standard InChI is InChI=1S/C10H13FO/c1-7(2)10-8(6-12)4-3-5-9(10)11/h3-5,7,12H,6H2,1-2H3. The van der Waals surface area contributed by atoms with E-state index in [1.54, 1.807) is 12.1 Å². The second kappa shape index (κ2) is 3.68. The van der Waals surface area contributed by atoms with Gasteiger partial charge in [0.2, 0.25) is 0 Å². The van der Waals surface area contributed by atoms with E-state index >= 15 is 0 Å². The van der Waals surface area contributed by atoms with E-state index in [1.807, 2.05) is 13.8 Å². The molecule has 0 radical (unpaired) electrons. The summed E-state index contributed by atoms with van der Waals surface area (Å²) in [6.45, 7) is 3.74. The van der Waals surface area contributed by atoms with E-state index < -0.39 is 0 Å². The lowest BCUT2D eigenvalue weighted by atomic mass is 9.97. The first kappa shape index (κ1) is 9.20. The molecule has 0 aromatic heterocycles. The van der Waals surface area contributed by atoms with Crippen molar-refractivity contribution in [1.29, 1.82) is 0 Å². The highest BCUT2D eigenvalue weighted by Crippen LogP contribution is 2.22. The average molecular weight is 168 g/mol. The molecular weight excluding hydrogens is 155 g/mol. The van der Waals surface area contributed by atoms with Gasteiger partial charge in [-0.05, 0) is 23.1 Å². The van der Waals surface area contributed by atoms with Gasteiger partial charge in [-0.15, -0.1) is 0 Å². The van der Waals surface area contributed by atoms with Gasteiger partial charge >= 0.3 is 0 Å². The molecule has 12 heavy (non-hydrogen) atoms. The molecule has 0 aliphatic carbocycles. The molecule has 0 fully saturated rings. The SMILES string of the molecule is CC(C)c1c(F)cccc1CO. The first-order valence-corrected chi connectivity index (χ1v) is 4.05. The van der Waals surface area contributed by atoms with Crippen molar-refractivity contribution in [3.05, 3.63) is 35.1 Å². The molecule has 0 aliphatic heterocycles. The van der Waals surface area contributed by atoms with Crippen LogP contribution in [0.3, 0.4) is 0 Å². The first-order valence-electron chi connectivity index (χ1n) is 4.05. The highest BCUT2D eigenvalue weighted by molar-refractivity contribution is 5.30. The third-order valence-electron chi connectivity index (χ3n) is 1.89. The van der Waals surface area contributed by atoms with E-state index in [0.717, 1.165) is 0 Å². The summed E-state index contributed by atoms with van der Waals surface area (Å²) in [6, 6.07) is 4.79. The van der Waals surface area contributed by atoms with Crippen molar-refractivity contribution in [2.75, 3.05) is 0 Å². The Bertz CT molecular complexity index is 269. The molecule has 0 saturated heterocycles. The third kappa shape index (κ3) is 1.64. The lowest BCUT2D eigenvalue weighted by molar-refractivity contribution is 0.279. The molecule has 0 heterocycles. The number of aliphatic hydroxyl groups is 1. The summed E-state index contributed by atoms with van der Waals surface area (Å²) in [7, 11) is 0. The van der Waals surface area contributed by atoms with Crippen LogP contribution in [0.15, 0.2) is 18.2 Å². The van der Waals surface area contributed by atoms with Crippen LogP contribution in [0.4, 0.5) is 4.39 Å².